The van der Waals surface area contributed by atoms with Gasteiger partial charge in [-0.1, -0.05) is 29.8 Å². The molecule has 26 heavy (non-hydrogen) atoms. The van der Waals surface area contributed by atoms with Crippen molar-refractivity contribution in [3.63, 3.8) is 0 Å². The van der Waals surface area contributed by atoms with Crippen LogP contribution < -0.4 is 5.32 Å². The van der Waals surface area contributed by atoms with Gasteiger partial charge in [-0.15, -0.1) is 22.7 Å². The summed E-state index contributed by atoms with van der Waals surface area (Å²) in [6.45, 7) is 2.01. The largest absolute Gasteiger partial charge is 0.462 e. The Labute approximate surface area is 164 Å². The topological polar surface area (TPSA) is 55.4 Å². The van der Waals surface area contributed by atoms with E-state index < -0.39 is 5.97 Å². The SMILES string of the molecule is CCOC(=O)c1c(-c2ccc(Cl)cc2)csc1NC(=O)Cc1cccs1. The van der Waals surface area contributed by atoms with E-state index in [1.54, 1.807) is 19.1 Å². The van der Waals surface area contributed by atoms with Crippen LogP contribution in [0.5, 0.6) is 0 Å². The van der Waals surface area contributed by atoms with Gasteiger partial charge in [-0.05, 0) is 36.1 Å². The van der Waals surface area contributed by atoms with Crippen LogP contribution in [-0.2, 0) is 16.0 Å². The van der Waals surface area contributed by atoms with Crippen molar-refractivity contribution >= 4 is 51.2 Å². The molecule has 0 atom stereocenters. The van der Waals surface area contributed by atoms with Crippen LogP contribution >= 0.6 is 34.3 Å². The normalized spacial score (nSPS) is 10.5. The Morgan fingerprint density at radius 1 is 1.15 bits per heavy atom. The van der Waals surface area contributed by atoms with Gasteiger partial charge in [0.2, 0.25) is 5.91 Å². The number of rotatable bonds is 6. The van der Waals surface area contributed by atoms with Gasteiger partial charge in [0.05, 0.1) is 13.0 Å². The fraction of sp³-hybridized carbons (Fsp3) is 0.158. The highest BCUT2D eigenvalue weighted by molar-refractivity contribution is 7.15. The van der Waals surface area contributed by atoms with Gasteiger partial charge in [-0.3, -0.25) is 4.79 Å². The molecule has 0 bridgehead atoms. The summed E-state index contributed by atoms with van der Waals surface area (Å²) < 4.78 is 5.19. The maximum absolute atomic E-state index is 12.5. The lowest BCUT2D eigenvalue weighted by molar-refractivity contribution is -0.115. The molecule has 1 N–H and O–H groups in total. The van der Waals surface area contributed by atoms with Crippen molar-refractivity contribution in [1.29, 1.82) is 0 Å². The Hall–Kier alpha value is -2.15. The summed E-state index contributed by atoms with van der Waals surface area (Å²) in [6.07, 6.45) is 0.272. The summed E-state index contributed by atoms with van der Waals surface area (Å²) in [5.74, 6) is -0.618. The molecule has 0 unspecified atom stereocenters. The van der Waals surface area contributed by atoms with Crippen LogP contribution in [0.15, 0.2) is 47.2 Å². The molecular weight excluding hydrogens is 390 g/mol. The van der Waals surface area contributed by atoms with Crippen LogP contribution in [0.4, 0.5) is 5.00 Å². The first kappa shape index (κ1) is 18.6. The van der Waals surface area contributed by atoms with Crippen LogP contribution in [0.25, 0.3) is 11.1 Å². The zero-order valence-corrected chi connectivity index (χ0v) is 16.3. The lowest BCUT2D eigenvalue weighted by Gasteiger charge is -2.08. The molecule has 2 heterocycles. The van der Waals surface area contributed by atoms with Crippen molar-refractivity contribution < 1.29 is 14.3 Å². The predicted octanol–water partition coefficient (Wildman–Crippen LogP) is 5.49. The van der Waals surface area contributed by atoms with E-state index in [1.807, 2.05) is 35.0 Å². The van der Waals surface area contributed by atoms with Crippen LogP contribution in [0.2, 0.25) is 5.02 Å². The molecule has 134 valence electrons. The summed E-state index contributed by atoms with van der Waals surface area (Å²) in [4.78, 5) is 25.8. The van der Waals surface area contributed by atoms with Gasteiger partial charge in [-0.2, -0.15) is 0 Å². The van der Waals surface area contributed by atoms with E-state index in [0.717, 1.165) is 16.0 Å². The van der Waals surface area contributed by atoms with Gasteiger partial charge in [0, 0.05) is 20.8 Å². The number of benzene rings is 1. The van der Waals surface area contributed by atoms with Gasteiger partial charge < -0.3 is 10.1 Å². The Bertz CT molecular complexity index is 902. The molecule has 0 saturated heterocycles. The number of hydrogen-bond donors (Lipinski definition) is 1. The highest BCUT2D eigenvalue weighted by atomic mass is 35.5. The van der Waals surface area contributed by atoms with E-state index in [1.165, 1.54) is 22.7 Å². The molecule has 1 amide bonds. The summed E-state index contributed by atoms with van der Waals surface area (Å²) in [5, 5.41) is 7.73. The van der Waals surface area contributed by atoms with Crippen molar-refractivity contribution in [2.75, 3.05) is 11.9 Å². The maximum atomic E-state index is 12.5. The molecule has 0 radical (unpaired) electrons. The standard InChI is InChI=1S/C19H16ClNO3S2/c1-2-24-19(23)17-15(12-5-7-13(20)8-6-12)11-26-18(17)21-16(22)10-14-4-3-9-25-14/h3-9,11H,2,10H2,1H3,(H,21,22). The van der Waals surface area contributed by atoms with Crippen molar-refractivity contribution in [2.24, 2.45) is 0 Å². The molecule has 0 spiro atoms. The third-order valence-corrected chi connectivity index (χ3v) is 5.62. The van der Waals surface area contributed by atoms with Crippen LogP contribution in [-0.4, -0.2) is 18.5 Å². The molecule has 1 aromatic carbocycles. The number of hydrogen-bond acceptors (Lipinski definition) is 5. The van der Waals surface area contributed by atoms with Crippen molar-refractivity contribution in [3.8, 4) is 11.1 Å². The quantitative estimate of drug-likeness (QED) is 0.552. The maximum Gasteiger partial charge on any atom is 0.341 e. The Kier molecular flexibility index (Phi) is 6.08. The number of thiophene rings is 2. The highest BCUT2D eigenvalue weighted by Gasteiger charge is 2.22. The van der Waals surface area contributed by atoms with E-state index in [-0.39, 0.29) is 18.9 Å². The van der Waals surface area contributed by atoms with Gasteiger partial charge in [-0.25, -0.2) is 4.79 Å². The molecule has 0 aliphatic heterocycles. The van der Waals surface area contributed by atoms with Gasteiger partial charge in [0.1, 0.15) is 10.6 Å². The average molecular weight is 406 g/mol. The van der Waals surface area contributed by atoms with Crippen LogP contribution in [0.3, 0.4) is 0 Å². The third kappa shape index (κ3) is 4.33. The number of anilines is 1. The van der Waals surface area contributed by atoms with Gasteiger partial charge in [0.25, 0.3) is 0 Å². The Balaban J connectivity index is 1.90. The van der Waals surface area contributed by atoms with Crippen molar-refractivity contribution in [2.45, 2.75) is 13.3 Å². The molecule has 0 saturated carbocycles. The Morgan fingerprint density at radius 3 is 2.58 bits per heavy atom. The first-order chi connectivity index (χ1) is 12.6. The first-order valence-electron chi connectivity index (χ1n) is 7.95. The molecule has 7 heteroatoms. The zero-order chi connectivity index (χ0) is 18.5. The van der Waals surface area contributed by atoms with Crippen molar-refractivity contribution in [1.82, 2.24) is 0 Å². The minimum absolute atomic E-state index is 0.164. The van der Waals surface area contributed by atoms with Crippen LogP contribution in [0.1, 0.15) is 22.2 Å². The summed E-state index contributed by atoms with van der Waals surface area (Å²) in [7, 11) is 0. The molecular formula is C19H16ClNO3S2. The number of amides is 1. The van der Waals surface area contributed by atoms with Gasteiger partial charge >= 0.3 is 5.97 Å². The number of carbonyl (C=O) groups excluding carboxylic acids is 2. The van der Waals surface area contributed by atoms with Crippen molar-refractivity contribution in [3.05, 3.63) is 62.6 Å². The minimum Gasteiger partial charge on any atom is -0.462 e. The average Bonchev–Trinajstić information content (AvgIpc) is 3.25. The molecule has 0 aliphatic rings. The molecule has 3 rings (SSSR count). The molecule has 3 aromatic rings. The molecule has 0 fully saturated rings. The second kappa shape index (κ2) is 8.49. The highest BCUT2D eigenvalue weighted by Crippen LogP contribution is 2.36. The molecule has 4 nitrogen and oxygen atoms in total. The van der Waals surface area contributed by atoms with E-state index in [2.05, 4.69) is 5.32 Å². The zero-order valence-electron chi connectivity index (χ0n) is 14.0. The van der Waals surface area contributed by atoms with Crippen LogP contribution in [0, 0.1) is 0 Å². The first-order valence-corrected chi connectivity index (χ1v) is 10.1. The second-order valence-electron chi connectivity index (χ2n) is 5.39. The van der Waals surface area contributed by atoms with E-state index in [4.69, 9.17) is 16.3 Å². The van der Waals surface area contributed by atoms with E-state index in [9.17, 15) is 9.59 Å². The number of nitrogens with one attached hydrogen (secondary N) is 1. The molecule has 2 aromatic heterocycles. The van der Waals surface area contributed by atoms with E-state index in [0.29, 0.717) is 15.6 Å². The third-order valence-electron chi connectivity index (χ3n) is 3.59. The lowest BCUT2D eigenvalue weighted by Crippen LogP contribution is -2.16. The second-order valence-corrected chi connectivity index (χ2v) is 7.73. The molecule has 0 aliphatic carbocycles. The number of ether oxygens (including phenoxy) is 1. The number of halogens is 1. The lowest BCUT2D eigenvalue weighted by atomic mass is 10.0. The summed E-state index contributed by atoms with van der Waals surface area (Å²) in [6, 6.07) is 11.0. The van der Waals surface area contributed by atoms with E-state index >= 15 is 0 Å². The monoisotopic (exact) mass is 405 g/mol. The summed E-state index contributed by atoms with van der Waals surface area (Å²) in [5.41, 5.74) is 1.93. The number of carbonyl (C=O) groups is 2. The Morgan fingerprint density at radius 2 is 1.92 bits per heavy atom. The van der Waals surface area contributed by atoms with Gasteiger partial charge in [0.15, 0.2) is 0 Å². The number of esters is 1. The smallest absolute Gasteiger partial charge is 0.341 e. The summed E-state index contributed by atoms with van der Waals surface area (Å²) >= 11 is 8.78. The minimum atomic E-state index is -0.454. The predicted molar refractivity (Wildman–Crippen MR) is 107 cm³/mol. The fourth-order valence-electron chi connectivity index (χ4n) is 2.44. The fourth-order valence-corrected chi connectivity index (χ4v) is 4.24.